The molecule has 1 N–H and O–H groups in total. The third-order valence-electron chi connectivity index (χ3n) is 1.62. The summed E-state index contributed by atoms with van der Waals surface area (Å²) in [5.74, 6) is 0. The van der Waals surface area contributed by atoms with E-state index in [9.17, 15) is 0 Å². The zero-order valence-electron chi connectivity index (χ0n) is 6.04. The van der Waals surface area contributed by atoms with Crippen LogP contribution in [0.25, 0.3) is 0 Å². The Morgan fingerprint density at radius 3 is 2.91 bits per heavy atom. The van der Waals surface area contributed by atoms with E-state index in [1.54, 1.807) is 0 Å². The molecular weight excluding hydrogens is 156 g/mol. The zero-order valence-corrected chi connectivity index (χ0v) is 7.04. The van der Waals surface area contributed by atoms with Crippen LogP contribution in [0.2, 0.25) is 0 Å². The van der Waals surface area contributed by atoms with Gasteiger partial charge in [-0.2, -0.15) is 18.6 Å². The van der Waals surface area contributed by atoms with Crippen molar-refractivity contribution in [1.29, 1.82) is 0 Å². The van der Waals surface area contributed by atoms with Gasteiger partial charge in [0.05, 0.1) is 12.8 Å². The van der Waals surface area contributed by atoms with Crippen molar-refractivity contribution in [3.63, 3.8) is 0 Å². The highest BCUT2D eigenvalue weighted by Crippen LogP contribution is 2.07. The lowest BCUT2D eigenvalue weighted by atomic mass is 10.1. The summed E-state index contributed by atoms with van der Waals surface area (Å²) < 4.78 is 0. The highest BCUT2D eigenvalue weighted by Gasteiger charge is 2.00. The van der Waals surface area contributed by atoms with E-state index in [2.05, 4.69) is 22.7 Å². The number of hydrazone groups is 1. The maximum absolute atomic E-state index is 3.94. The second kappa shape index (κ2) is 3.44. The largest absolute Gasteiger partial charge is 0.306 e. The number of benzene rings is 1. The minimum absolute atomic E-state index is 0. The zero-order chi connectivity index (χ0) is 6.81. The number of rotatable bonds is 0. The molecule has 0 aliphatic carbocycles. The molecule has 2 rings (SSSR count). The standard InChI is InChI=1S/C8H8N2.H2S/c1-2-4-8-6-10-9-5-7(8)3-1;/h1-5,10H,6H2;1H2. The lowest BCUT2D eigenvalue weighted by molar-refractivity contribution is 0.735. The van der Waals surface area contributed by atoms with E-state index < -0.39 is 0 Å². The molecule has 0 fully saturated rings. The summed E-state index contributed by atoms with van der Waals surface area (Å²) in [5.41, 5.74) is 5.45. The van der Waals surface area contributed by atoms with Crippen molar-refractivity contribution in [2.24, 2.45) is 5.10 Å². The first-order valence-electron chi connectivity index (χ1n) is 3.30. The minimum Gasteiger partial charge on any atom is -0.306 e. The Kier molecular flexibility index (Phi) is 2.54. The van der Waals surface area contributed by atoms with Crippen LogP contribution in [0.4, 0.5) is 0 Å². The van der Waals surface area contributed by atoms with Crippen molar-refractivity contribution in [2.75, 3.05) is 0 Å². The van der Waals surface area contributed by atoms with Gasteiger partial charge in [0.2, 0.25) is 0 Å². The van der Waals surface area contributed by atoms with E-state index >= 15 is 0 Å². The Hall–Kier alpha value is -0.960. The average Bonchev–Trinajstić information content (AvgIpc) is 2.05. The molecule has 11 heavy (non-hydrogen) atoms. The van der Waals surface area contributed by atoms with Crippen LogP contribution in [0.15, 0.2) is 29.4 Å². The number of nitrogens with one attached hydrogen (secondary N) is 1. The van der Waals surface area contributed by atoms with E-state index in [4.69, 9.17) is 0 Å². The fourth-order valence-electron chi connectivity index (χ4n) is 1.07. The van der Waals surface area contributed by atoms with Gasteiger partial charge in [-0.1, -0.05) is 24.3 Å². The molecule has 0 aromatic heterocycles. The monoisotopic (exact) mass is 166 g/mol. The first-order valence-corrected chi connectivity index (χ1v) is 3.30. The predicted octanol–water partition coefficient (Wildman–Crippen LogP) is 1.24. The fraction of sp³-hybridized carbons (Fsp3) is 0.125. The van der Waals surface area contributed by atoms with Gasteiger partial charge in [-0.05, 0) is 11.1 Å². The summed E-state index contributed by atoms with van der Waals surface area (Å²) in [6.45, 7) is 0.854. The second-order valence-corrected chi connectivity index (χ2v) is 2.29. The molecule has 0 atom stereocenters. The fourth-order valence-corrected chi connectivity index (χ4v) is 1.07. The minimum atomic E-state index is 0. The van der Waals surface area contributed by atoms with Gasteiger partial charge in [-0.3, -0.25) is 0 Å². The number of hydrogen-bond acceptors (Lipinski definition) is 2. The maximum Gasteiger partial charge on any atom is 0.0586 e. The molecule has 1 aromatic carbocycles. The van der Waals surface area contributed by atoms with Gasteiger partial charge in [-0.25, -0.2) is 0 Å². The van der Waals surface area contributed by atoms with E-state index in [1.165, 1.54) is 11.1 Å². The number of hydrogen-bond donors (Lipinski definition) is 1. The predicted molar refractivity (Wildman–Crippen MR) is 51.3 cm³/mol. The van der Waals surface area contributed by atoms with Gasteiger partial charge in [0.25, 0.3) is 0 Å². The van der Waals surface area contributed by atoms with Gasteiger partial charge < -0.3 is 5.43 Å². The highest BCUT2D eigenvalue weighted by molar-refractivity contribution is 7.59. The highest BCUT2D eigenvalue weighted by atomic mass is 32.1. The van der Waals surface area contributed by atoms with Gasteiger partial charge in [0.15, 0.2) is 0 Å². The van der Waals surface area contributed by atoms with Crippen LogP contribution in [-0.2, 0) is 6.54 Å². The van der Waals surface area contributed by atoms with E-state index in [0.29, 0.717) is 0 Å². The first-order chi connectivity index (χ1) is 4.97. The molecule has 0 bridgehead atoms. The van der Waals surface area contributed by atoms with Crippen molar-refractivity contribution in [3.05, 3.63) is 35.4 Å². The summed E-state index contributed by atoms with van der Waals surface area (Å²) in [6, 6.07) is 8.24. The van der Waals surface area contributed by atoms with Crippen LogP contribution in [0.5, 0.6) is 0 Å². The topological polar surface area (TPSA) is 24.4 Å². The van der Waals surface area contributed by atoms with Crippen molar-refractivity contribution in [2.45, 2.75) is 6.54 Å². The lowest BCUT2D eigenvalue weighted by Crippen LogP contribution is -2.12. The quantitative estimate of drug-likeness (QED) is 0.616. The second-order valence-electron chi connectivity index (χ2n) is 2.29. The third kappa shape index (κ3) is 1.54. The first kappa shape index (κ1) is 8.14. The lowest BCUT2D eigenvalue weighted by Gasteiger charge is -2.09. The molecule has 0 spiro atoms. The molecule has 0 saturated carbocycles. The molecule has 0 unspecified atom stereocenters. The molecule has 2 nitrogen and oxygen atoms in total. The molecule has 1 aromatic rings. The number of nitrogens with zero attached hydrogens (tertiary/aromatic N) is 1. The number of fused-ring (bicyclic) bond motifs is 1. The Morgan fingerprint density at radius 1 is 1.27 bits per heavy atom. The molecular formula is C8H10N2S. The third-order valence-corrected chi connectivity index (χ3v) is 1.62. The molecule has 1 aliphatic rings. The molecule has 0 saturated heterocycles. The van der Waals surface area contributed by atoms with E-state index in [0.717, 1.165) is 6.54 Å². The van der Waals surface area contributed by atoms with Crippen molar-refractivity contribution in [1.82, 2.24) is 5.43 Å². The summed E-state index contributed by atoms with van der Waals surface area (Å²) in [4.78, 5) is 0. The molecule has 0 amide bonds. The summed E-state index contributed by atoms with van der Waals surface area (Å²) in [6.07, 6.45) is 1.85. The molecule has 1 heterocycles. The van der Waals surface area contributed by atoms with E-state index in [-0.39, 0.29) is 13.5 Å². The van der Waals surface area contributed by atoms with Crippen LogP contribution < -0.4 is 5.43 Å². The summed E-state index contributed by atoms with van der Waals surface area (Å²) in [5, 5.41) is 3.94. The molecule has 3 heteroatoms. The van der Waals surface area contributed by atoms with Crippen LogP contribution in [0.1, 0.15) is 11.1 Å². The van der Waals surface area contributed by atoms with Crippen molar-refractivity contribution in [3.8, 4) is 0 Å². The van der Waals surface area contributed by atoms with Crippen LogP contribution in [0.3, 0.4) is 0 Å². The smallest absolute Gasteiger partial charge is 0.0586 e. The van der Waals surface area contributed by atoms with Gasteiger partial charge >= 0.3 is 0 Å². The Labute approximate surface area is 72.8 Å². The Morgan fingerprint density at radius 2 is 2.09 bits per heavy atom. The Bertz CT molecular complexity index is 271. The normalized spacial score (nSPS) is 12.7. The molecule has 1 aliphatic heterocycles. The van der Waals surface area contributed by atoms with Crippen molar-refractivity contribution >= 4 is 19.7 Å². The molecule has 0 radical (unpaired) electrons. The van der Waals surface area contributed by atoms with Crippen LogP contribution >= 0.6 is 13.5 Å². The van der Waals surface area contributed by atoms with Crippen LogP contribution in [0, 0.1) is 0 Å². The molecule has 58 valence electrons. The van der Waals surface area contributed by atoms with Gasteiger partial charge in [-0.15, -0.1) is 0 Å². The average molecular weight is 166 g/mol. The van der Waals surface area contributed by atoms with Crippen LogP contribution in [-0.4, -0.2) is 6.21 Å². The maximum atomic E-state index is 3.94. The summed E-state index contributed by atoms with van der Waals surface area (Å²) in [7, 11) is 0. The SMILES string of the molecule is C1=NNCc2ccccc21.S. The summed E-state index contributed by atoms with van der Waals surface area (Å²) >= 11 is 0. The van der Waals surface area contributed by atoms with E-state index in [1.807, 2.05) is 18.3 Å². The van der Waals surface area contributed by atoms with Crippen molar-refractivity contribution < 1.29 is 0 Å². The van der Waals surface area contributed by atoms with Gasteiger partial charge in [0, 0.05) is 0 Å². The van der Waals surface area contributed by atoms with Gasteiger partial charge in [0.1, 0.15) is 0 Å². The Balaban J connectivity index is 0.000000605.